The topological polar surface area (TPSA) is 139 Å². The van der Waals surface area contributed by atoms with Gasteiger partial charge in [0, 0.05) is 48.5 Å². The van der Waals surface area contributed by atoms with Crippen molar-refractivity contribution in [3.05, 3.63) is 89.9 Å². The standard InChI is InChI=1S/C23H26N8/c1-3-15(11-24)9-21(25)31-22-7-6-19-20(30-22)10-17(13-29-19)18(14-27-2)23(26)16-5-4-8-28-12-16/h4-14,26-27H,3,24-25H2,1-2H3,(H,30,31)/b15-11-,18-14-,21-9+,26-23?. The van der Waals surface area contributed by atoms with Gasteiger partial charge in [-0.1, -0.05) is 6.92 Å². The number of hydrogen-bond acceptors (Lipinski definition) is 8. The number of nitrogens with one attached hydrogen (secondary N) is 3. The molecule has 0 bridgehead atoms. The number of hydrogen-bond donors (Lipinski definition) is 5. The summed E-state index contributed by atoms with van der Waals surface area (Å²) < 4.78 is 0. The Labute approximate surface area is 181 Å². The molecule has 8 nitrogen and oxygen atoms in total. The van der Waals surface area contributed by atoms with E-state index in [1.54, 1.807) is 44.0 Å². The van der Waals surface area contributed by atoms with E-state index in [1.807, 2.05) is 31.2 Å². The van der Waals surface area contributed by atoms with Gasteiger partial charge in [0.2, 0.25) is 0 Å². The molecule has 3 aromatic rings. The van der Waals surface area contributed by atoms with E-state index in [0.29, 0.717) is 34.0 Å². The molecule has 3 heterocycles. The summed E-state index contributed by atoms with van der Waals surface area (Å²) in [5.41, 5.74) is 16.5. The first kappa shape index (κ1) is 21.5. The van der Waals surface area contributed by atoms with Gasteiger partial charge in [0.1, 0.15) is 11.6 Å². The number of aromatic nitrogens is 3. The molecule has 0 spiro atoms. The number of fused-ring (bicyclic) bond motifs is 1. The van der Waals surface area contributed by atoms with Gasteiger partial charge in [-0.15, -0.1) is 0 Å². The Kier molecular flexibility index (Phi) is 6.95. The predicted molar refractivity (Wildman–Crippen MR) is 126 cm³/mol. The average Bonchev–Trinajstić information content (AvgIpc) is 2.80. The molecule has 0 fully saturated rings. The minimum absolute atomic E-state index is 0.339. The minimum atomic E-state index is 0.339. The Morgan fingerprint density at radius 2 is 2.00 bits per heavy atom. The van der Waals surface area contributed by atoms with Crippen LogP contribution in [-0.4, -0.2) is 27.7 Å². The molecule has 158 valence electrons. The van der Waals surface area contributed by atoms with Crippen LogP contribution in [0.15, 0.2) is 78.8 Å². The zero-order chi connectivity index (χ0) is 22.2. The highest BCUT2D eigenvalue weighted by molar-refractivity contribution is 6.30. The van der Waals surface area contributed by atoms with Crippen molar-refractivity contribution in [2.75, 3.05) is 12.4 Å². The fraction of sp³-hybridized carbons (Fsp3) is 0.130. The monoisotopic (exact) mass is 414 g/mol. The summed E-state index contributed by atoms with van der Waals surface area (Å²) in [6, 6.07) is 9.24. The van der Waals surface area contributed by atoms with Crippen LogP contribution < -0.4 is 22.1 Å². The number of rotatable bonds is 8. The molecule has 0 unspecified atom stereocenters. The van der Waals surface area contributed by atoms with Gasteiger partial charge >= 0.3 is 0 Å². The largest absolute Gasteiger partial charge is 0.404 e. The molecule has 0 aliphatic heterocycles. The Balaban J connectivity index is 1.95. The Bertz CT molecular complexity index is 1160. The molecule has 7 N–H and O–H groups in total. The predicted octanol–water partition coefficient (Wildman–Crippen LogP) is 3.12. The molecule has 0 aliphatic carbocycles. The van der Waals surface area contributed by atoms with Crippen molar-refractivity contribution in [1.29, 1.82) is 5.41 Å². The van der Waals surface area contributed by atoms with E-state index in [4.69, 9.17) is 16.9 Å². The second-order valence-corrected chi connectivity index (χ2v) is 6.74. The molecule has 3 rings (SSSR count). The molecule has 0 atom stereocenters. The summed E-state index contributed by atoms with van der Waals surface area (Å²) in [6.07, 6.45) is 10.9. The second kappa shape index (κ2) is 10.0. The van der Waals surface area contributed by atoms with E-state index in [-0.39, 0.29) is 0 Å². The first-order valence-electron chi connectivity index (χ1n) is 9.84. The molecule has 0 saturated heterocycles. The summed E-state index contributed by atoms with van der Waals surface area (Å²) in [6.45, 7) is 2.00. The van der Waals surface area contributed by atoms with Crippen LogP contribution in [0.5, 0.6) is 0 Å². The van der Waals surface area contributed by atoms with E-state index in [0.717, 1.165) is 23.1 Å². The Hall–Kier alpha value is -4.20. The van der Waals surface area contributed by atoms with Crippen LogP contribution in [-0.2, 0) is 0 Å². The lowest BCUT2D eigenvalue weighted by Crippen LogP contribution is -2.11. The highest BCUT2D eigenvalue weighted by Crippen LogP contribution is 2.22. The lowest BCUT2D eigenvalue weighted by molar-refractivity contribution is 1.11. The first-order valence-corrected chi connectivity index (χ1v) is 9.84. The van der Waals surface area contributed by atoms with Gasteiger partial charge < -0.3 is 22.1 Å². The Morgan fingerprint density at radius 1 is 1.16 bits per heavy atom. The second-order valence-electron chi connectivity index (χ2n) is 6.74. The summed E-state index contributed by atoms with van der Waals surface area (Å²) >= 11 is 0. The van der Waals surface area contributed by atoms with E-state index >= 15 is 0 Å². The molecular weight excluding hydrogens is 388 g/mol. The maximum absolute atomic E-state index is 8.62. The molecular formula is C23H26N8. The molecule has 0 aromatic carbocycles. The zero-order valence-electron chi connectivity index (χ0n) is 17.6. The SMILES string of the molecule is CCC(=C/N)/C=C(\N)Nc1ccc2ncc(/C(=C/NC)C(=N)c3cccnc3)cc2n1. The van der Waals surface area contributed by atoms with E-state index < -0.39 is 0 Å². The molecule has 0 radical (unpaired) electrons. The quantitative estimate of drug-likeness (QED) is 0.282. The highest BCUT2D eigenvalue weighted by Gasteiger charge is 2.13. The molecule has 0 aliphatic rings. The van der Waals surface area contributed by atoms with E-state index in [1.165, 1.54) is 6.20 Å². The summed E-state index contributed by atoms with van der Waals surface area (Å²) in [7, 11) is 1.79. The van der Waals surface area contributed by atoms with Gasteiger partial charge in [0.05, 0.1) is 16.7 Å². The third kappa shape index (κ3) is 5.24. The maximum atomic E-state index is 8.62. The molecule has 0 amide bonds. The fourth-order valence-electron chi connectivity index (χ4n) is 2.99. The number of nitrogens with two attached hydrogens (primary N) is 2. The van der Waals surface area contributed by atoms with Crippen LogP contribution in [0.1, 0.15) is 24.5 Å². The third-order valence-electron chi connectivity index (χ3n) is 4.59. The summed E-state index contributed by atoms with van der Waals surface area (Å²) in [4.78, 5) is 13.3. The van der Waals surface area contributed by atoms with E-state index in [2.05, 4.69) is 25.6 Å². The normalized spacial score (nSPS) is 12.6. The van der Waals surface area contributed by atoms with Crippen LogP contribution in [0.3, 0.4) is 0 Å². The zero-order valence-corrected chi connectivity index (χ0v) is 17.6. The number of allylic oxidation sites excluding steroid dienone is 3. The maximum Gasteiger partial charge on any atom is 0.132 e. The van der Waals surface area contributed by atoms with Crippen LogP contribution in [0.25, 0.3) is 16.6 Å². The van der Waals surface area contributed by atoms with Gasteiger partial charge in [-0.25, -0.2) is 4.98 Å². The molecule has 8 heteroatoms. The van der Waals surface area contributed by atoms with Crippen LogP contribution >= 0.6 is 0 Å². The van der Waals surface area contributed by atoms with Crippen molar-refractivity contribution in [3.63, 3.8) is 0 Å². The van der Waals surface area contributed by atoms with Crippen molar-refractivity contribution in [2.45, 2.75) is 13.3 Å². The van der Waals surface area contributed by atoms with Crippen molar-refractivity contribution in [2.24, 2.45) is 11.5 Å². The third-order valence-corrected chi connectivity index (χ3v) is 4.59. The summed E-state index contributed by atoms with van der Waals surface area (Å²) in [5.74, 6) is 1.04. The number of nitrogens with zero attached hydrogens (tertiary/aromatic N) is 3. The van der Waals surface area contributed by atoms with Crippen molar-refractivity contribution < 1.29 is 0 Å². The van der Waals surface area contributed by atoms with Gasteiger partial charge in [0.25, 0.3) is 0 Å². The number of pyridine rings is 3. The van der Waals surface area contributed by atoms with Gasteiger partial charge in [0.15, 0.2) is 0 Å². The first-order chi connectivity index (χ1) is 15.0. The lowest BCUT2D eigenvalue weighted by atomic mass is 9.98. The van der Waals surface area contributed by atoms with Gasteiger partial charge in [-0.2, -0.15) is 0 Å². The van der Waals surface area contributed by atoms with Crippen LogP contribution in [0.4, 0.5) is 5.82 Å². The molecule has 3 aromatic heterocycles. The highest BCUT2D eigenvalue weighted by atomic mass is 15.1. The van der Waals surface area contributed by atoms with Gasteiger partial charge in [-0.05, 0) is 54.6 Å². The minimum Gasteiger partial charge on any atom is -0.404 e. The van der Waals surface area contributed by atoms with Crippen molar-refractivity contribution >= 4 is 28.1 Å². The Morgan fingerprint density at radius 3 is 2.68 bits per heavy atom. The van der Waals surface area contributed by atoms with Crippen LogP contribution in [0.2, 0.25) is 0 Å². The molecule has 0 saturated carbocycles. The van der Waals surface area contributed by atoms with Crippen molar-refractivity contribution in [3.8, 4) is 0 Å². The van der Waals surface area contributed by atoms with Crippen LogP contribution in [0, 0.1) is 5.41 Å². The fourth-order valence-corrected chi connectivity index (χ4v) is 2.99. The smallest absolute Gasteiger partial charge is 0.132 e. The lowest BCUT2D eigenvalue weighted by Gasteiger charge is -2.11. The van der Waals surface area contributed by atoms with E-state index in [9.17, 15) is 0 Å². The summed E-state index contributed by atoms with van der Waals surface area (Å²) in [5, 5.41) is 14.7. The van der Waals surface area contributed by atoms with Gasteiger partial charge in [-0.3, -0.25) is 15.4 Å². The molecule has 31 heavy (non-hydrogen) atoms. The number of anilines is 1. The van der Waals surface area contributed by atoms with Crippen molar-refractivity contribution in [1.82, 2.24) is 20.3 Å². The average molecular weight is 415 g/mol.